The van der Waals surface area contributed by atoms with Gasteiger partial charge < -0.3 is 9.84 Å². The minimum Gasteiger partial charge on any atom is -0.457 e. The van der Waals surface area contributed by atoms with Gasteiger partial charge in [0.1, 0.15) is 6.10 Å². The zero-order valence-electron chi connectivity index (χ0n) is 10.8. The van der Waals surface area contributed by atoms with E-state index in [1.165, 1.54) is 6.92 Å². The molecule has 1 N–H and O–H groups in total. The Morgan fingerprint density at radius 1 is 1.14 bits per heavy atom. The van der Waals surface area contributed by atoms with Crippen molar-refractivity contribution in [1.29, 1.82) is 0 Å². The number of ether oxygens (including phenoxy) is 1. The van der Waals surface area contributed by atoms with Gasteiger partial charge in [0.25, 0.3) is 5.67 Å². The zero-order chi connectivity index (χ0) is 17.1. The van der Waals surface area contributed by atoms with Crippen LogP contribution in [0, 0.1) is 0 Å². The minimum absolute atomic E-state index is 0.174. The smallest absolute Gasteiger partial charge is 0.431 e. The summed E-state index contributed by atoms with van der Waals surface area (Å²) in [6.07, 6.45) is -17.2. The van der Waals surface area contributed by atoms with Crippen molar-refractivity contribution < 1.29 is 45.4 Å². The number of alkyl halides is 7. The first-order valence-corrected chi connectivity index (χ1v) is 5.56. The Labute approximate surface area is 115 Å². The van der Waals surface area contributed by atoms with Gasteiger partial charge in [-0.2, -0.15) is 26.3 Å². The van der Waals surface area contributed by atoms with Gasteiger partial charge in [-0.15, -0.1) is 0 Å². The maximum absolute atomic E-state index is 13.3. The molecule has 0 aromatic rings. The molecule has 10 heteroatoms. The van der Waals surface area contributed by atoms with Crippen LogP contribution in [0.3, 0.4) is 0 Å². The van der Waals surface area contributed by atoms with E-state index in [0.717, 1.165) is 0 Å². The van der Waals surface area contributed by atoms with E-state index < -0.39 is 49.5 Å². The first-order chi connectivity index (χ1) is 9.26. The molecule has 0 aliphatic carbocycles. The van der Waals surface area contributed by atoms with Gasteiger partial charge in [0.2, 0.25) is 0 Å². The summed E-state index contributed by atoms with van der Waals surface area (Å²) in [6, 6.07) is 0. The monoisotopic (exact) mass is 326 g/mol. The number of carbonyl (C=O) groups excluding carboxylic acids is 1. The molecule has 124 valence electrons. The molecule has 1 atom stereocenters. The molecule has 0 amide bonds. The van der Waals surface area contributed by atoms with E-state index in [1.54, 1.807) is 0 Å². The molecule has 0 spiro atoms. The predicted molar refractivity (Wildman–Crippen MR) is 57.0 cm³/mol. The fourth-order valence-electron chi connectivity index (χ4n) is 1.24. The average molecular weight is 326 g/mol. The molecular weight excluding hydrogens is 313 g/mol. The van der Waals surface area contributed by atoms with Crippen molar-refractivity contribution in [2.24, 2.45) is 0 Å². The van der Waals surface area contributed by atoms with Crippen molar-refractivity contribution in [2.75, 3.05) is 6.61 Å². The number of hydrogen-bond acceptors (Lipinski definition) is 3. The molecule has 0 aromatic carbocycles. The third-order valence-corrected chi connectivity index (χ3v) is 2.54. The number of aliphatic hydroxyl groups is 1. The Kier molecular flexibility index (Phi) is 6.21. The lowest BCUT2D eigenvalue weighted by molar-refractivity contribution is -0.344. The van der Waals surface area contributed by atoms with Crippen molar-refractivity contribution in [3.8, 4) is 0 Å². The predicted octanol–water partition coefficient (Wildman–Crippen LogP) is 3.08. The summed E-state index contributed by atoms with van der Waals surface area (Å²) in [5, 5.41) is 8.77. The first kappa shape index (κ1) is 19.7. The molecule has 0 saturated heterocycles. The maximum atomic E-state index is 13.3. The Bertz CT molecular complexity index is 372. The molecule has 0 radical (unpaired) electrons. The molecule has 3 nitrogen and oxygen atoms in total. The van der Waals surface area contributed by atoms with Crippen molar-refractivity contribution in [3.05, 3.63) is 12.2 Å². The highest BCUT2D eigenvalue weighted by Crippen LogP contribution is 2.49. The number of aliphatic hydroxyl groups excluding tert-OH is 1. The summed E-state index contributed by atoms with van der Waals surface area (Å²) in [5.41, 5.74) is -5.62. The van der Waals surface area contributed by atoms with Crippen LogP contribution in [0.2, 0.25) is 0 Å². The maximum Gasteiger partial charge on any atom is 0.431 e. The van der Waals surface area contributed by atoms with E-state index in [0.29, 0.717) is 0 Å². The Morgan fingerprint density at radius 3 is 1.86 bits per heavy atom. The number of esters is 1. The zero-order valence-corrected chi connectivity index (χ0v) is 10.8. The summed E-state index contributed by atoms with van der Waals surface area (Å²) in [5.74, 6) is -1.11. The Morgan fingerprint density at radius 2 is 1.57 bits per heavy atom. The summed E-state index contributed by atoms with van der Waals surface area (Å²) in [7, 11) is 0. The molecule has 0 saturated carbocycles. The van der Waals surface area contributed by atoms with Crippen LogP contribution in [0.1, 0.15) is 19.8 Å². The second kappa shape index (κ2) is 6.63. The molecule has 0 heterocycles. The van der Waals surface area contributed by atoms with E-state index in [-0.39, 0.29) is 5.57 Å². The van der Waals surface area contributed by atoms with Gasteiger partial charge in [-0.1, -0.05) is 6.58 Å². The van der Waals surface area contributed by atoms with Crippen LogP contribution in [-0.2, 0) is 9.53 Å². The second-order valence-electron chi connectivity index (χ2n) is 4.33. The van der Waals surface area contributed by atoms with Crippen LogP contribution in [-0.4, -0.2) is 41.8 Å². The van der Waals surface area contributed by atoms with Crippen molar-refractivity contribution in [2.45, 2.75) is 43.9 Å². The van der Waals surface area contributed by atoms with Crippen LogP contribution in [0.15, 0.2) is 12.2 Å². The fraction of sp³-hybridized carbons (Fsp3) is 0.727. The molecule has 1 unspecified atom stereocenters. The number of hydrogen-bond donors (Lipinski definition) is 1. The molecule has 0 aromatic heterocycles. The summed E-state index contributed by atoms with van der Waals surface area (Å²) >= 11 is 0. The highest BCUT2D eigenvalue weighted by molar-refractivity contribution is 5.87. The molecule has 0 bridgehead atoms. The molecular formula is C11H13F7O3. The van der Waals surface area contributed by atoms with Gasteiger partial charge in [0.15, 0.2) is 0 Å². The van der Waals surface area contributed by atoms with Crippen molar-refractivity contribution >= 4 is 5.97 Å². The molecule has 0 fully saturated rings. The molecule has 0 aliphatic rings. The lowest BCUT2D eigenvalue weighted by atomic mass is 9.96. The van der Waals surface area contributed by atoms with Crippen LogP contribution < -0.4 is 0 Å². The highest BCUT2D eigenvalue weighted by Gasteiger charge is 2.71. The second-order valence-corrected chi connectivity index (χ2v) is 4.33. The standard InChI is InChI=1S/C11H13F7O3/c1-6(2)8(20)21-7(5-19)3-4-9(12,10(13,14)15)11(16,17)18/h7,19H,1,3-5H2,2H3. The Balaban J connectivity index is 4.98. The van der Waals surface area contributed by atoms with Gasteiger partial charge in [-0.25, -0.2) is 9.18 Å². The van der Waals surface area contributed by atoms with Crippen LogP contribution >= 0.6 is 0 Å². The van der Waals surface area contributed by atoms with E-state index in [9.17, 15) is 35.5 Å². The van der Waals surface area contributed by atoms with Gasteiger partial charge in [0.05, 0.1) is 6.61 Å². The van der Waals surface area contributed by atoms with E-state index in [1.807, 2.05) is 0 Å². The van der Waals surface area contributed by atoms with E-state index in [2.05, 4.69) is 11.3 Å². The lowest BCUT2D eigenvalue weighted by Gasteiger charge is -2.30. The van der Waals surface area contributed by atoms with Crippen LogP contribution in [0.4, 0.5) is 30.7 Å². The quantitative estimate of drug-likeness (QED) is 0.463. The summed E-state index contributed by atoms with van der Waals surface area (Å²) < 4.78 is 91.3. The molecule has 0 rings (SSSR count). The highest BCUT2D eigenvalue weighted by atomic mass is 19.4. The fourth-order valence-corrected chi connectivity index (χ4v) is 1.24. The third kappa shape index (κ3) is 4.87. The SMILES string of the molecule is C=C(C)C(=O)OC(CO)CCC(F)(C(F)(F)F)C(F)(F)F. The Hall–Kier alpha value is -1.32. The van der Waals surface area contributed by atoms with E-state index >= 15 is 0 Å². The summed E-state index contributed by atoms with van der Waals surface area (Å²) in [6.45, 7) is 3.27. The van der Waals surface area contributed by atoms with Crippen LogP contribution in [0.25, 0.3) is 0 Å². The van der Waals surface area contributed by atoms with Gasteiger partial charge in [0, 0.05) is 12.0 Å². The van der Waals surface area contributed by atoms with Crippen molar-refractivity contribution in [3.63, 3.8) is 0 Å². The number of carbonyl (C=O) groups is 1. The minimum atomic E-state index is -6.18. The van der Waals surface area contributed by atoms with E-state index in [4.69, 9.17) is 5.11 Å². The number of halogens is 7. The van der Waals surface area contributed by atoms with Crippen molar-refractivity contribution in [1.82, 2.24) is 0 Å². The third-order valence-electron chi connectivity index (χ3n) is 2.54. The van der Waals surface area contributed by atoms with Gasteiger partial charge >= 0.3 is 18.3 Å². The lowest BCUT2D eigenvalue weighted by Crippen LogP contribution is -2.53. The average Bonchev–Trinajstić information content (AvgIpc) is 2.30. The largest absolute Gasteiger partial charge is 0.457 e. The molecule has 0 aliphatic heterocycles. The van der Waals surface area contributed by atoms with Crippen LogP contribution in [0.5, 0.6) is 0 Å². The normalized spacial score (nSPS) is 14.7. The summed E-state index contributed by atoms with van der Waals surface area (Å²) in [4.78, 5) is 11.1. The molecule has 21 heavy (non-hydrogen) atoms. The number of rotatable bonds is 6. The van der Waals surface area contributed by atoms with Gasteiger partial charge in [-0.05, 0) is 13.3 Å². The first-order valence-electron chi connectivity index (χ1n) is 5.56. The van der Waals surface area contributed by atoms with Gasteiger partial charge in [-0.3, -0.25) is 0 Å². The topological polar surface area (TPSA) is 46.5 Å².